The van der Waals surface area contributed by atoms with Gasteiger partial charge in [0.15, 0.2) is 0 Å². The first-order valence-electron chi connectivity index (χ1n) is 12.0. The predicted molar refractivity (Wildman–Crippen MR) is 133 cm³/mol. The van der Waals surface area contributed by atoms with Gasteiger partial charge in [0.2, 0.25) is 0 Å². The van der Waals surface area contributed by atoms with Gasteiger partial charge in [0.1, 0.15) is 5.75 Å². The highest BCUT2D eigenvalue weighted by molar-refractivity contribution is 9.10. The van der Waals surface area contributed by atoms with Gasteiger partial charge in [0, 0.05) is 0 Å². The molecule has 1 radical (unpaired) electrons. The first kappa shape index (κ1) is 23.4. The molecular formula is C28H38BrO. The number of unbranched alkanes of at least 4 members (excludes halogenated alkanes) is 3. The minimum Gasteiger partial charge on any atom is -0.490 e. The third-order valence-corrected chi connectivity index (χ3v) is 7.03. The standard InChI is InChI=1S/C28H38BrO/c1-3-4-5-7-10-22(2)30-28-20-19-26(21-27(28)29)25-17-15-24(16-18-25)14-13-23-11-8-6-9-12-23/h6,15-23H,3-5,7-14H2,1-2H3. The summed E-state index contributed by atoms with van der Waals surface area (Å²) in [5, 5.41) is 0. The maximum absolute atomic E-state index is 6.18. The lowest BCUT2D eigenvalue weighted by Gasteiger charge is -2.21. The Bertz CT molecular complexity index is 746. The molecule has 30 heavy (non-hydrogen) atoms. The second-order valence-electron chi connectivity index (χ2n) is 8.97. The van der Waals surface area contributed by atoms with Crippen molar-refractivity contribution in [3.05, 3.63) is 58.9 Å². The smallest absolute Gasteiger partial charge is 0.133 e. The second-order valence-corrected chi connectivity index (χ2v) is 9.82. The van der Waals surface area contributed by atoms with Gasteiger partial charge in [-0.25, -0.2) is 0 Å². The molecule has 3 rings (SSSR count). The number of benzene rings is 2. The van der Waals surface area contributed by atoms with Gasteiger partial charge in [-0.05, 0) is 103 Å². The molecule has 1 saturated carbocycles. The highest BCUT2D eigenvalue weighted by atomic mass is 79.9. The van der Waals surface area contributed by atoms with Crippen molar-refractivity contribution in [2.75, 3.05) is 0 Å². The number of ether oxygens (including phenoxy) is 1. The summed E-state index contributed by atoms with van der Waals surface area (Å²) in [6.45, 7) is 4.43. The van der Waals surface area contributed by atoms with Crippen LogP contribution >= 0.6 is 15.9 Å². The van der Waals surface area contributed by atoms with Crippen molar-refractivity contribution in [1.82, 2.24) is 0 Å². The topological polar surface area (TPSA) is 9.23 Å². The first-order chi connectivity index (χ1) is 14.7. The Labute approximate surface area is 192 Å². The van der Waals surface area contributed by atoms with Gasteiger partial charge in [0.05, 0.1) is 10.6 Å². The van der Waals surface area contributed by atoms with Crippen molar-refractivity contribution in [1.29, 1.82) is 0 Å². The average Bonchev–Trinajstić information content (AvgIpc) is 2.78. The van der Waals surface area contributed by atoms with Crippen molar-refractivity contribution >= 4 is 15.9 Å². The SMILES string of the molecule is CCCCCCC(C)Oc1ccc(-c2ccc(CCC3CC[CH]CC3)cc2)cc1Br. The third kappa shape index (κ3) is 7.45. The van der Waals surface area contributed by atoms with Crippen molar-refractivity contribution in [2.24, 2.45) is 5.92 Å². The van der Waals surface area contributed by atoms with Crippen LogP contribution in [0.15, 0.2) is 46.9 Å². The van der Waals surface area contributed by atoms with E-state index in [-0.39, 0.29) is 6.10 Å². The van der Waals surface area contributed by atoms with Crippen LogP contribution in [0.5, 0.6) is 5.75 Å². The molecule has 0 heterocycles. The van der Waals surface area contributed by atoms with Gasteiger partial charge >= 0.3 is 0 Å². The monoisotopic (exact) mass is 469 g/mol. The van der Waals surface area contributed by atoms with Crippen molar-refractivity contribution in [2.45, 2.75) is 90.6 Å². The summed E-state index contributed by atoms with van der Waals surface area (Å²) in [6.07, 6.45) is 16.9. The van der Waals surface area contributed by atoms with E-state index in [1.54, 1.807) is 0 Å². The zero-order chi connectivity index (χ0) is 21.2. The summed E-state index contributed by atoms with van der Waals surface area (Å²) >= 11 is 3.72. The van der Waals surface area contributed by atoms with Crippen LogP contribution in [0.4, 0.5) is 0 Å². The van der Waals surface area contributed by atoms with Gasteiger partial charge in [-0.15, -0.1) is 0 Å². The molecule has 0 spiro atoms. The molecule has 1 unspecified atom stereocenters. The predicted octanol–water partition coefficient (Wildman–Crippen LogP) is 9.18. The van der Waals surface area contributed by atoms with Crippen LogP contribution in [-0.2, 0) is 6.42 Å². The van der Waals surface area contributed by atoms with Crippen LogP contribution < -0.4 is 4.74 Å². The molecule has 163 valence electrons. The highest BCUT2D eigenvalue weighted by Gasteiger charge is 2.13. The summed E-state index contributed by atoms with van der Waals surface area (Å²) in [5.74, 6) is 1.87. The number of hydrogen-bond acceptors (Lipinski definition) is 1. The van der Waals surface area contributed by atoms with E-state index in [1.807, 2.05) is 0 Å². The van der Waals surface area contributed by atoms with E-state index in [9.17, 15) is 0 Å². The fourth-order valence-corrected chi connectivity index (χ4v) is 4.90. The van der Waals surface area contributed by atoms with E-state index >= 15 is 0 Å². The fourth-order valence-electron chi connectivity index (χ4n) is 4.43. The Balaban J connectivity index is 1.52. The van der Waals surface area contributed by atoms with Gasteiger partial charge in [0.25, 0.3) is 0 Å². The largest absolute Gasteiger partial charge is 0.490 e. The maximum atomic E-state index is 6.18. The quantitative estimate of drug-likeness (QED) is 0.298. The van der Waals surface area contributed by atoms with E-state index in [4.69, 9.17) is 4.74 Å². The molecule has 1 aliphatic carbocycles. The minimum absolute atomic E-state index is 0.255. The van der Waals surface area contributed by atoms with E-state index in [2.05, 4.69) is 78.7 Å². The van der Waals surface area contributed by atoms with E-state index in [1.165, 1.54) is 80.9 Å². The lowest BCUT2D eigenvalue weighted by Crippen LogP contribution is -2.11. The lowest BCUT2D eigenvalue weighted by atomic mass is 9.85. The van der Waals surface area contributed by atoms with Gasteiger partial charge in [-0.1, -0.05) is 69.4 Å². The van der Waals surface area contributed by atoms with Crippen molar-refractivity contribution < 1.29 is 4.74 Å². The lowest BCUT2D eigenvalue weighted by molar-refractivity contribution is 0.205. The molecular weight excluding hydrogens is 432 g/mol. The Morgan fingerprint density at radius 2 is 1.70 bits per heavy atom. The molecule has 0 amide bonds. The minimum atomic E-state index is 0.255. The molecule has 2 heteroatoms. The number of halogens is 1. The highest BCUT2D eigenvalue weighted by Crippen LogP contribution is 2.32. The Kier molecular flexibility index (Phi) is 9.78. The van der Waals surface area contributed by atoms with Gasteiger partial charge in [-0.3, -0.25) is 0 Å². The summed E-state index contributed by atoms with van der Waals surface area (Å²) in [4.78, 5) is 0. The molecule has 0 N–H and O–H groups in total. The third-order valence-electron chi connectivity index (χ3n) is 6.41. The van der Waals surface area contributed by atoms with E-state index in [0.29, 0.717) is 0 Å². The molecule has 1 aliphatic rings. The number of aryl methyl sites for hydroxylation is 1. The molecule has 2 aromatic carbocycles. The van der Waals surface area contributed by atoms with Gasteiger partial charge < -0.3 is 4.74 Å². The Hall–Kier alpha value is -1.28. The average molecular weight is 471 g/mol. The zero-order valence-electron chi connectivity index (χ0n) is 18.8. The van der Waals surface area contributed by atoms with Crippen LogP contribution in [0, 0.1) is 12.3 Å². The second kappa shape index (κ2) is 12.5. The molecule has 0 bridgehead atoms. The Morgan fingerprint density at radius 3 is 2.40 bits per heavy atom. The number of hydrogen-bond donors (Lipinski definition) is 0. The van der Waals surface area contributed by atoms with Crippen LogP contribution in [-0.4, -0.2) is 6.10 Å². The normalized spacial score (nSPS) is 15.8. The Morgan fingerprint density at radius 1 is 0.967 bits per heavy atom. The summed E-state index contributed by atoms with van der Waals surface area (Å²) in [5.41, 5.74) is 3.97. The molecule has 1 nitrogen and oxygen atoms in total. The van der Waals surface area contributed by atoms with Crippen LogP contribution in [0.2, 0.25) is 0 Å². The van der Waals surface area contributed by atoms with E-state index < -0.39 is 0 Å². The molecule has 1 fully saturated rings. The van der Waals surface area contributed by atoms with Crippen LogP contribution in [0.25, 0.3) is 11.1 Å². The fraction of sp³-hybridized carbons (Fsp3) is 0.536. The summed E-state index contributed by atoms with van der Waals surface area (Å²) in [7, 11) is 0. The molecule has 1 atom stereocenters. The number of rotatable bonds is 11. The summed E-state index contributed by atoms with van der Waals surface area (Å²) < 4.78 is 7.22. The van der Waals surface area contributed by atoms with E-state index in [0.717, 1.165) is 22.6 Å². The first-order valence-corrected chi connectivity index (χ1v) is 12.8. The van der Waals surface area contributed by atoms with Crippen molar-refractivity contribution in [3.8, 4) is 16.9 Å². The van der Waals surface area contributed by atoms with Crippen molar-refractivity contribution in [3.63, 3.8) is 0 Å². The van der Waals surface area contributed by atoms with Gasteiger partial charge in [-0.2, -0.15) is 0 Å². The molecule has 0 aromatic heterocycles. The maximum Gasteiger partial charge on any atom is 0.133 e. The zero-order valence-corrected chi connectivity index (χ0v) is 20.4. The molecule has 0 saturated heterocycles. The summed E-state index contributed by atoms with van der Waals surface area (Å²) in [6, 6.07) is 15.6. The molecule has 2 aromatic rings. The van der Waals surface area contributed by atoms with Crippen LogP contribution in [0.3, 0.4) is 0 Å². The van der Waals surface area contributed by atoms with Crippen LogP contribution in [0.1, 0.15) is 83.6 Å². The molecule has 0 aliphatic heterocycles.